The molecule has 78 valence electrons. The van der Waals surface area contributed by atoms with Crippen molar-refractivity contribution in [1.29, 1.82) is 0 Å². The van der Waals surface area contributed by atoms with E-state index in [1.807, 2.05) is 0 Å². The molecule has 0 amide bonds. The van der Waals surface area contributed by atoms with Crippen LogP contribution in [0.3, 0.4) is 0 Å². The van der Waals surface area contributed by atoms with Gasteiger partial charge in [0.15, 0.2) is 0 Å². The summed E-state index contributed by atoms with van der Waals surface area (Å²) < 4.78 is 0. The molecule has 1 aromatic carbocycles. The Morgan fingerprint density at radius 3 is 2.36 bits per heavy atom. The van der Waals surface area contributed by atoms with Crippen LogP contribution in [-0.2, 0) is 0 Å². The zero-order chi connectivity index (χ0) is 10.7. The van der Waals surface area contributed by atoms with Crippen LogP contribution in [0.5, 0.6) is 0 Å². The number of aliphatic hydroxyl groups is 2. The molecule has 6 N–H and O–H groups in total. The van der Waals surface area contributed by atoms with Crippen molar-refractivity contribution in [2.24, 2.45) is 0 Å². The molecule has 0 saturated heterocycles. The number of hydrogen-bond donors (Lipinski definition) is 4. The second-order valence-electron chi connectivity index (χ2n) is 3.05. The minimum Gasteiger partial charge on any atom is -0.397 e. The third-order valence-corrected chi connectivity index (χ3v) is 2.29. The molecule has 0 heterocycles. The van der Waals surface area contributed by atoms with Crippen LogP contribution < -0.4 is 11.5 Å². The van der Waals surface area contributed by atoms with E-state index in [1.165, 1.54) is 6.07 Å². The number of rotatable bonds is 3. The van der Waals surface area contributed by atoms with Gasteiger partial charge in [0.05, 0.1) is 23.4 Å². The third kappa shape index (κ3) is 2.29. The van der Waals surface area contributed by atoms with E-state index in [0.29, 0.717) is 16.9 Å². The Morgan fingerprint density at radius 2 is 1.86 bits per heavy atom. The Morgan fingerprint density at radius 1 is 1.21 bits per heavy atom. The average Bonchev–Trinajstić information content (AvgIpc) is 2.20. The summed E-state index contributed by atoms with van der Waals surface area (Å²) in [6.07, 6.45) is -2.03. The molecule has 2 unspecified atom stereocenters. The molecule has 0 aliphatic carbocycles. The molecule has 0 aliphatic heterocycles. The first-order valence-corrected chi connectivity index (χ1v) is 4.66. The molecule has 0 radical (unpaired) electrons. The number of nitrogen functional groups attached to an aromatic ring is 2. The van der Waals surface area contributed by atoms with E-state index in [1.54, 1.807) is 12.1 Å². The molecule has 4 nitrogen and oxygen atoms in total. The van der Waals surface area contributed by atoms with E-state index in [2.05, 4.69) is 0 Å². The summed E-state index contributed by atoms with van der Waals surface area (Å²) >= 11 is 5.40. The molecule has 14 heavy (non-hydrogen) atoms. The lowest BCUT2D eigenvalue weighted by Gasteiger charge is -2.16. The third-order valence-electron chi connectivity index (χ3n) is 1.97. The molecular formula is C9H13ClN2O2. The van der Waals surface area contributed by atoms with Crippen molar-refractivity contribution in [1.82, 2.24) is 0 Å². The summed E-state index contributed by atoms with van der Waals surface area (Å²) in [4.78, 5) is 0. The maximum atomic E-state index is 9.57. The van der Waals surface area contributed by atoms with E-state index in [-0.39, 0.29) is 5.88 Å². The summed E-state index contributed by atoms with van der Waals surface area (Å²) in [7, 11) is 0. The minimum atomic E-state index is -1.03. The first-order valence-electron chi connectivity index (χ1n) is 4.13. The van der Waals surface area contributed by atoms with Crippen molar-refractivity contribution in [3.8, 4) is 0 Å². The molecule has 2 atom stereocenters. The lowest BCUT2D eigenvalue weighted by molar-refractivity contribution is 0.0327. The van der Waals surface area contributed by atoms with Crippen LogP contribution in [0, 0.1) is 0 Å². The molecular weight excluding hydrogens is 204 g/mol. The summed E-state index contributed by atoms with van der Waals surface area (Å²) in [5, 5.41) is 18.9. The van der Waals surface area contributed by atoms with Crippen molar-refractivity contribution in [3.63, 3.8) is 0 Å². The van der Waals surface area contributed by atoms with Crippen LogP contribution in [0.2, 0.25) is 0 Å². The molecule has 0 aromatic heterocycles. The first-order chi connectivity index (χ1) is 6.56. The van der Waals surface area contributed by atoms with Gasteiger partial charge in [0.1, 0.15) is 6.10 Å². The standard InChI is InChI=1S/C9H13ClN2O2/c10-4-8(13)9(14)5-1-2-6(11)7(12)3-5/h1-3,8-9,13-14H,4,11-12H2. The predicted octanol–water partition coefficient (Wildman–Crippen LogP) is 0.484. The van der Waals surface area contributed by atoms with Gasteiger partial charge in [-0.1, -0.05) is 6.07 Å². The fourth-order valence-corrected chi connectivity index (χ4v) is 1.25. The van der Waals surface area contributed by atoms with Crippen LogP contribution in [-0.4, -0.2) is 22.2 Å². The zero-order valence-electron chi connectivity index (χ0n) is 7.52. The molecule has 0 fully saturated rings. The monoisotopic (exact) mass is 216 g/mol. The summed E-state index contributed by atoms with van der Waals surface area (Å²) in [5.41, 5.74) is 12.4. The summed E-state index contributed by atoms with van der Waals surface area (Å²) in [6, 6.07) is 4.71. The van der Waals surface area contributed by atoms with Gasteiger partial charge >= 0.3 is 0 Å². The van der Waals surface area contributed by atoms with Crippen molar-refractivity contribution in [2.75, 3.05) is 17.3 Å². The highest BCUT2D eigenvalue weighted by atomic mass is 35.5. The van der Waals surface area contributed by atoms with Gasteiger partial charge in [0.25, 0.3) is 0 Å². The smallest absolute Gasteiger partial charge is 0.106 e. The maximum Gasteiger partial charge on any atom is 0.106 e. The van der Waals surface area contributed by atoms with Gasteiger partial charge in [-0.15, -0.1) is 11.6 Å². The highest BCUT2D eigenvalue weighted by Crippen LogP contribution is 2.23. The first kappa shape index (κ1) is 11.1. The van der Waals surface area contributed by atoms with Gasteiger partial charge in [-0.05, 0) is 17.7 Å². The maximum absolute atomic E-state index is 9.57. The largest absolute Gasteiger partial charge is 0.397 e. The topological polar surface area (TPSA) is 92.5 Å². The van der Waals surface area contributed by atoms with Gasteiger partial charge < -0.3 is 21.7 Å². The highest BCUT2D eigenvalue weighted by Gasteiger charge is 2.17. The van der Waals surface area contributed by atoms with Gasteiger partial charge in [0, 0.05) is 0 Å². The molecule has 0 spiro atoms. The lowest BCUT2D eigenvalue weighted by atomic mass is 10.0. The molecule has 0 bridgehead atoms. The fourth-order valence-electron chi connectivity index (χ4n) is 1.08. The van der Waals surface area contributed by atoms with Gasteiger partial charge in [-0.25, -0.2) is 0 Å². The quantitative estimate of drug-likeness (QED) is 0.437. The molecule has 5 heteroatoms. The normalized spacial score (nSPS) is 15.1. The predicted molar refractivity (Wildman–Crippen MR) is 57.0 cm³/mol. The van der Waals surface area contributed by atoms with Crippen LogP contribution in [0.15, 0.2) is 18.2 Å². The number of nitrogens with two attached hydrogens (primary N) is 2. The lowest BCUT2D eigenvalue weighted by Crippen LogP contribution is -2.19. The van der Waals surface area contributed by atoms with Crippen LogP contribution in [0.1, 0.15) is 11.7 Å². The SMILES string of the molecule is Nc1ccc(C(O)C(O)CCl)cc1N. The number of anilines is 2. The highest BCUT2D eigenvalue weighted by molar-refractivity contribution is 6.18. The molecule has 0 saturated carbocycles. The summed E-state index contributed by atoms with van der Waals surface area (Å²) in [5.74, 6) is -0.0363. The number of halogens is 1. The Hall–Kier alpha value is -0.970. The van der Waals surface area contributed by atoms with Crippen LogP contribution in [0.4, 0.5) is 11.4 Å². The number of alkyl halides is 1. The van der Waals surface area contributed by atoms with Crippen LogP contribution in [0.25, 0.3) is 0 Å². The van der Waals surface area contributed by atoms with Crippen molar-refractivity contribution < 1.29 is 10.2 Å². The Labute approximate surface area is 87.1 Å². The average molecular weight is 217 g/mol. The number of benzene rings is 1. The second-order valence-corrected chi connectivity index (χ2v) is 3.36. The Balaban J connectivity index is 2.91. The summed E-state index contributed by atoms with van der Waals surface area (Å²) in [6.45, 7) is 0. The Bertz CT molecular complexity index is 320. The van der Waals surface area contributed by atoms with Gasteiger partial charge in [-0.2, -0.15) is 0 Å². The van der Waals surface area contributed by atoms with E-state index in [0.717, 1.165) is 0 Å². The van der Waals surface area contributed by atoms with Crippen molar-refractivity contribution in [2.45, 2.75) is 12.2 Å². The van der Waals surface area contributed by atoms with E-state index in [9.17, 15) is 10.2 Å². The van der Waals surface area contributed by atoms with Crippen LogP contribution >= 0.6 is 11.6 Å². The molecule has 1 aromatic rings. The minimum absolute atomic E-state index is 0.0363. The van der Waals surface area contributed by atoms with Gasteiger partial charge in [-0.3, -0.25) is 0 Å². The number of hydrogen-bond acceptors (Lipinski definition) is 4. The number of aliphatic hydroxyl groups excluding tert-OH is 2. The van der Waals surface area contributed by atoms with E-state index < -0.39 is 12.2 Å². The van der Waals surface area contributed by atoms with Crippen molar-refractivity contribution >= 4 is 23.0 Å². The zero-order valence-corrected chi connectivity index (χ0v) is 8.28. The van der Waals surface area contributed by atoms with Gasteiger partial charge in [0.2, 0.25) is 0 Å². The Kier molecular flexibility index (Phi) is 3.57. The van der Waals surface area contributed by atoms with E-state index >= 15 is 0 Å². The molecule has 1 rings (SSSR count). The fraction of sp³-hybridized carbons (Fsp3) is 0.333. The second kappa shape index (κ2) is 4.50. The van der Waals surface area contributed by atoms with Crippen molar-refractivity contribution in [3.05, 3.63) is 23.8 Å². The molecule has 0 aliphatic rings. The van der Waals surface area contributed by atoms with E-state index in [4.69, 9.17) is 23.1 Å².